The van der Waals surface area contributed by atoms with E-state index in [-0.39, 0.29) is 11.8 Å². The first-order chi connectivity index (χ1) is 16.2. The SMILES string of the molecule is CCCc1noc(-c2cccc(CN=C(NCC)NCC3CC(=O)Nc4ccccc43)c2)n1. The average Bonchev–Trinajstić information content (AvgIpc) is 3.30. The Kier molecular flexibility index (Phi) is 7.34. The fourth-order valence-corrected chi connectivity index (χ4v) is 3.91. The van der Waals surface area contributed by atoms with Crippen LogP contribution in [0, 0.1) is 0 Å². The molecule has 0 saturated carbocycles. The van der Waals surface area contributed by atoms with Gasteiger partial charge in [0.1, 0.15) is 0 Å². The summed E-state index contributed by atoms with van der Waals surface area (Å²) in [7, 11) is 0. The number of carbonyl (C=O) groups excluding carboxylic acids is 1. The highest BCUT2D eigenvalue weighted by Gasteiger charge is 2.24. The standard InChI is InChI=1S/C25H30N6O2/c1-3-8-22-30-24(33-31-22)18-10-7-9-17(13-18)15-27-25(26-4-2)28-16-19-14-23(32)29-21-12-6-5-11-20(19)21/h5-7,9-13,19H,3-4,8,14-16H2,1-2H3,(H,29,32)(H2,26,27,28). The molecule has 4 rings (SSSR count). The quantitative estimate of drug-likeness (QED) is 0.358. The number of carbonyl (C=O) groups is 1. The van der Waals surface area contributed by atoms with Crippen molar-refractivity contribution < 1.29 is 9.32 Å². The van der Waals surface area contributed by atoms with Gasteiger partial charge in [0.2, 0.25) is 5.91 Å². The number of guanidine groups is 1. The van der Waals surface area contributed by atoms with Gasteiger partial charge >= 0.3 is 0 Å². The lowest BCUT2D eigenvalue weighted by Gasteiger charge is -2.26. The summed E-state index contributed by atoms with van der Waals surface area (Å²) < 4.78 is 5.41. The number of aliphatic imine (C=N–C) groups is 1. The van der Waals surface area contributed by atoms with Gasteiger partial charge in [0, 0.05) is 43.1 Å². The molecule has 1 unspecified atom stereocenters. The van der Waals surface area contributed by atoms with Gasteiger partial charge in [-0.25, -0.2) is 4.99 Å². The molecule has 3 N–H and O–H groups in total. The molecule has 8 nitrogen and oxygen atoms in total. The van der Waals surface area contributed by atoms with E-state index in [0.717, 1.165) is 53.5 Å². The number of nitrogens with one attached hydrogen (secondary N) is 3. The fraction of sp³-hybridized carbons (Fsp3) is 0.360. The number of hydrogen-bond acceptors (Lipinski definition) is 5. The fourth-order valence-electron chi connectivity index (χ4n) is 3.91. The summed E-state index contributed by atoms with van der Waals surface area (Å²) in [6.45, 7) is 5.99. The third-order valence-corrected chi connectivity index (χ3v) is 5.50. The third kappa shape index (κ3) is 5.77. The van der Waals surface area contributed by atoms with Crippen LogP contribution in [0.25, 0.3) is 11.5 Å². The molecule has 2 aromatic carbocycles. The summed E-state index contributed by atoms with van der Waals surface area (Å²) in [6, 6.07) is 15.9. The zero-order valence-electron chi connectivity index (χ0n) is 19.1. The van der Waals surface area contributed by atoms with E-state index in [9.17, 15) is 4.79 Å². The van der Waals surface area contributed by atoms with Crippen LogP contribution in [0.4, 0.5) is 5.69 Å². The first-order valence-electron chi connectivity index (χ1n) is 11.5. The van der Waals surface area contributed by atoms with E-state index in [1.807, 2.05) is 49.4 Å². The van der Waals surface area contributed by atoms with Gasteiger partial charge in [-0.1, -0.05) is 42.4 Å². The van der Waals surface area contributed by atoms with Crippen LogP contribution in [0.1, 0.15) is 49.6 Å². The zero-order valence-corrected chi connectivity index (χ0v) is 19.1. The van der Waals surface area contributed by atoms with Crippen LogP contribution in [0.5, 0.6) is 0 Å². The number of aromatic nitrogens is 2. The number of amides is 1. The summed E-state index contributed by atoms with van der Waals surface area (Å²) in [5, 5.41) is 13.7. The van der Waals surface area contributed by atoms with Crippen molar-refractivity contribution in [3.8, 4) is 11.5 Å². The number of aryl methyl sites for hydroxylation is 1. The Labute approximate surface area is 193 Å². The minimum absolute atomic E-state index is 0.0439. The van der Waals surface area contributed by atoms with Crippen LogP contribution in [0.2, 0.25) is 0 Å². The monoisotopic (exact) mass is 446 g/mol. The van der Waals surface area contributed by atoms with Gasteiger partial charge in [0.05, 0.1) is 6.54 Å². The maximum Gasteiger partial charge on any atom is 0.257 e. The predicted molar refractivity (Wildman–Crippen MR) is 129 cm³/mol. The maximum absolute atomic E-state index is 12.1. The smallest absolute Gasteiger partial charge is 0.257 e. The third-order valence-electron chi connectivity index (χ3n) is 5.50. The maximum atomic E-state index is 12.1. The molecule has 0 bridgehead atoms. The number of anilines is 1. The molecule has 172 valence electrons. The Morgan fingerprint density at radius 2 is 2.06 bits per heavy atom. The topological polar surface area (TPSA) is 104 Å². The molecule has 1 aliphatic rings. The second-order valence-electron chi connectivity index (χ2n) is 8.08. The number of benzene rings is 2. The minimum atomic E-state index is 0.0439. The van der Waals surface area contributed by atoms with Crippen molar-refractivity contribution in [2.24, 2.45) is 4.99 Å². The molecule has 1 atom stereocenters. The largest absolute Gasteiger partial charge is 0.357 e. The van der Waals surface area contributed by atoms with Gasteiger partial charge in [0.25, 0.3) is 5.89 Å². The molecule has 0 fully saturated rings. The van der Waals surface area contributed by atoms with Crippen molar-refractivity contribution in [2.75, 3.05) is 18.4 Å². The van der Waals surface area contributed by atoms with Crippen LogP contribution in [-0.2, 0) is 17.8 Å². The molecule has 2 heterocycles. The highest BCUT2D eigenvalue weighted by atomic mass is 16.5. The van der Waals surface area contributed by atoms with E-state index in [0.29, 0.717) is 25.4 Å². The molecule has 3 aromatic rings. The Balaban J connectivity index is 1.43. The molecular formula is C25H30N6O2. The molecule has 1 amide bonds. The lowest BCUT2D eigenvalue weighted by molar-refractivity contribution is -0.116. The first kappa shape index (κ1) is 22.5. The van der Waals surface area contributed by atoms with Crippen molar-refractivity contribution in [1.29, 1.82) is 0 Å². The second-order valence-corrected chi connectivity index (χ2v) is 8.08. The highest BCUT2D eigenvalue weighted by Crippen LogP contribution is 2.31. The van der Waals surface area contributed by atoms with Gasteiger partial charge in [-0.15, -0.1) is 0 Å². The van der Waals surface area contributed by atoms with Gasteiger partial charge in [-0.3, -0.25) is 4.79 Å². The molecule has 0 aliphatic carbocycles. The van der Waals surface area contributed by atoms with Crippen LogP contribution in [0.15, 0.2) is 58.0 Å². The first-order valence-corrected chi connectivity index (χ1v) is 11.5. The molecule has 1 aromatic heterocycles. The van der Waals surface area contributed by atoms with Gasteiger partial charge in [-0.05, 0) is 42.7 Å². The summed E-state index contributed by atoms with van der Waals surface area (Å²) in [5.74, 6) is 2.12. The normalized spacial score (nSPS) is 15.6. The Hall–Kier alpha value is -3.68. The molecule has 0 spiro atoms. The molecule has 8 heteroatoms. The van der Waals surface area contributed by atoms with Crippen molar-refractivity contribution in [2.45, 2.75) is 45.6 Å². The minimum Gasteiger partial charge on any atom is -0.357 e. The van der Waals surface area contributed by atoms with Crippen LogP contribution in [0.3, 0.4) is 0 Å². The number of hydrogen-bond donors (Lipinski definition) is 3. The Morgan fingerprint density at radius 1 is 1.18 bits per heavy atom. The number of fused-ring (bicyclic) bond motifs is 1. The number of rotatable bonds is 8. The van der Waals surface area contributed by atoms with Crippen molar-refractivity contribution in [1.82, 2.24) is 20.8 Å². The van der Waals surface area contributed by atoms with Gasteiger partial charge < -0.3 is 20.5 Å². The summed E-state index contributed by atoms with van der Waals surface area (Å²) in [5.41, 5.74) is 3.97. The molecule has 0 radical (unpaired) electrons. The van der Waals surface area contributed by atoms with Crippen LogP contribution in [-0.4, -0.2) is 35.1 Å². The molecular weight excluding hydrogens is 416 g/mol. The average molecular weight is 447 g/mol. The van der Waals surface area contributed by atoms with Gasteiger partial charge in [0.15, 0.2) is 11.8 Å². The van der Waals surface area contributed by atoms with Crippen molar-refractivity contribution in [3.63, 3.8) is 0 Å². The molecule has 0 saturated heterocycles. The summed E-state index contributed by atoms with van der Waals surface area (Å²) in [6.07, 6.45) is 2.24. The van der Waals surface area contributed by atoms with E-state index in [4.69, 9.17) is 9.52 Å². The molecule has 1 aliphatic heterocycles. The Bertz CT molecular complexity index is 1120. The highest BCUT2D eigenvalue weighted by molar-refractivity contribution is 5.94. The van der Waals surface area contributed by atoms with Crippen LogP contribution < -0.4 is 16.0 Å². The number of nitrogens with zero attached hydrogens (tertiary/aromatic N) is 3. The van der Waals surface area contributed by atoms with Crippen molar-refractivity contribution >= 4 is 17.6 Å². The zero-order chi connectivity index (χ0) is 23.0. The van der Waals surface area contributed by atoms with Gasteiger partial charge in [-0.2, -0.15) is 4.98 Å². The second kappa shape index (κ2) is 10.8. The lowest BCUT2D eigenvalue weighted by Crippen LogP contribution is -2.40. The summed E-state index contributed by atoms with van der Waals surface area (Å²) >= 11 is 0. The lowest BCUT2D eigenvalue weighted by atomic mass is 9.90. The van der Waals surface area contributed by atoms with E-state index < -0.39 is 0 Å². The predicted octanol–water partition coefficient (Wildman–Crippen LogP) is 3.87. The molecule has 33 heavy (non-hydrogen) atoms. The van der Waals surface area contributed by atoms with E-state index >= 15 is 0 Å². The van der Waals surface area contributed by atoms with E-state index in [1.165, 1.54) is 0 Å². The Morgan fingerprint density at radius 3 is 2.91 bits per heavy atom. The van der Waals surface area contributed by atoms with Crippen molar-refractivity contribution in [3.05, 3.63) is 65.5 Å². The van der Waals surface area contributed by atoms with E-state index in [1.54, 1.807) is 0 Å². The van der Waals surface area contributed by atoms with Crippen LogP contribution >= 0.6 is 0 Å². The van der Waals surface area contributed by atoms with E-state index in [2.05, 4.69) is 39.1 Å². The number of para-hydroxylation sites is 1. The summed E-state index contributed by atoms with van der Waals surface area (Å²) in [4.78, 5) is 21.3.